The number of rotatable bonds is 17. The van der Waals surface area contributed by atoms with Crippen LogP contribution in [0.2, 0.25) is 0 Å². The molecule has 60 heavy (non-hydrogen) atoms. The molecule has 0 aliphatic carbocycles. The Labute approximate surface area is 358 Å². The van der Waals surface area contributed by atoms with Crippen molar-refractivity contribution in [1.29, 1.82) is 0 Å². The van der Waals surface area contributed by atoms with Gasteiger partial charge in [-0.05, 0) is 92.3 Å². The maximum atomic E-state index is 14.0. The Hall–Kier alpha value is -2.28. The van der Waals surface area contributed by atoms with Crippen molar-refractivity contribution in [3.8, 4) is 0 Å². The van der Waals surface area contributed by atoms with Crippen LogP contribution in [0.1, 0.15) is 93.1 Å². The molecule has 0 radical (unpaired) electrons. The maximum absolute atomic E-state index is 14.0. The molecular formula is C45H78N2O13. The fourth-order valence-corrected chi connectivity index (χ4v) is 8.71. The van der Waals surface area contributed by atoms with Crippen LogP contribution in [-0.4, -0.2) is 174 Å². The topological polar surface area (TPSA) is 197 Å². The zero-order chi connectivity index (χ0) is 44.8. The molecule has 2 aliphatic heterocycles. The number of aliphatic hydroxyl groups excluding tert-OH is 3. The van der Waals surface area contributed by atoms with Gasteiger partial charge in [-0.1, -0.05) is 51.1 Å². The number of hydrogen-bond donors (Lipinski definition) is 5. The Morgan fingerprint density at radius 3 is 2.10 bits per heavy atom. The van der Waals surface area contributed by atoms with Crippen LogP contribution in [0.15, 0.2) is 30.3 Å². The zero-order valence-corrected chi connectivity index (χ0v) is 37.9. The van der Waals surface area contributed by atoms with E-state index < -0.39 is 77.8 Å². The lowest BCUT2D eigenvalue weighted by Gasteiger charge is -2.46. The van der Waals surface area contributed by atoms with E-state index in [0.29, 0.717) is 32.8 Å². The number of hydrogen-bond acceptors (Lipinski definition) is 14. The molecule has 346 valence electrons. The standard InChI is InChI=1S/C45H78N2O13/c1-11-36-45(8,54)40(51)33(6)47(37(48)19-21-56-23-25-57-24-22-55-20-15-18-34-16-13-12-14-17-34)28-29(2)27-44(7,53)41(31(4)38(49)32(5)42(52)59-36)60-43-39(50)35(46(9)10)26-30(3)58-43/h12-14,16-17,29-33,35-36,38-41,43,49-51,53-54H,11,15,18-28H2,1-10H3/t29-,30-,31+,32-,33-,35+,36-,38+,39-,40-,41-,43+,44-,45-/m1/s1. The van der Waals surface area contributed by atoms with E-state index in [-0.39, 0.29) is 57.1 Å². The first-order valence-electron chi connectivity index (χ1n) is 22.0. The molecule has 1 aromatic rings. The number of carbonyl (C=O) groups excluding carboxylic acids is 2. The highest BCUT2D eigenvalue weighted by atomic mass is 16.7. The molecule has 5 N–H and O–H groups in total. The molecule has 14 atom stereocenters. The van der Waals surface area contributed by atoms with Gasteiger partial charge < -0.3 is 63.8 Å². The minimum absolute atomic E-state index is 0.0341. The third kappa shape index (κ3) is 14.9. The highest BCUT2D eigenvalue weighted by Crippen LogP contribution is 2.37. The number of carbonyl (C=O) groups is 2. The third-order valence-electron chi connectivity index (χ3n) is 12.3. The monoisotopic (exact) mass is 855 g/mol. The van der Waals surface area contributed by atoms with Crippen molar-refractivity contribution in [1.82, 2.24) is 9.80 Å². The summed E-state index contributed by atoms with van der Waals surface area (Å²) in [5.41, 5.74) is -2.40. The molecule has 1 aromatic carbocycles. The van der Waals surface area contributed by atoms with Crippen LogP contribution in [0.3, 0.4) is 0 Å². The molecule has 0 bridgehead atoms. The quantitative estimate of drug-likeness (QED) is 0.113. The van der Waals surface area contributed by atoms with E-state index >= 15 is 0 Å². The normalized spacial score (nSPS) is 36.4. The second-order valence-electron chi connectivity index (χ2n) is 17.9. The van der Waals surface area contributed by atoms with E-state index in [0.717, 1.165) is 12.8 Å². The van der Waals surface area contributed by atoms with Gasteiger partial charge in [-0.3, -0.25) is 9.59 Å². The lowest BCUT2D eigenvalue weighted by atomic mass is 9.78. The van der Waals surface area contributed by atoms with Gasteiger partial charge in [-0.15, -0.1) is 0 Å². The minimum Gasteiger partial charge on any atom is -0.459 e. The summed E-state index contributed by atoms with van der Waals surface area (Å²) in [6.45, 7) is 15.4. The van der Waals surface area contributed by atoms with Gasteiger partial charge in [0.25, 0.3) is 0 Å². The van der Waals surface area contributed by atoms with Gasteiger partial charge in [0, 0.05) is 25.1 Å². The van der Waals surface area contributed by atoms with E-state index in [2.05, 4.69) is 12.1 Å². The van der Waals surface area contributed by atoms with Gasteiger partial charge >= 0.3 is 5.97 Å². The summed E-state index contributed by atoms with van der Waals surface area (Å²) >= 11 is 0. The van der Waals surface area contributed by atoms with Crippen molar-refractivity contribution >= 4 is 11.9 Å². The highest BCUT2D eigenvalue weighted by Gasteiger charge is 2.50. The van der Waals surface area contributed by atoms with Gasteiger partial charge in [0.15, 0.2) is 6.29 Å². The summed E-state index contributed by atoms with van der Waals surface area (Å²) < 4.78 is 35.4. The van der Waals surface area contributed by atoms with Crippen molar-refractivity contribution in [3.63, 3.8) is 0 Å². The SMILES string of the molecule is CC[C@H]1OC(=O)[C@H](C)[C@@H](O)[C@H](C)[C@@H](O[C@@H]2O[C@H](C)C[C@H](N(C)C)[C@H]2O)[C@](C)(O)C[C@@H](C)CN(C(=O)CCOCCOCCOCCCc2ccccc2)[C@H](C)[C@@H](O)[C@]1(C)O. The van der Waals surface area contributed by atoms with Gasteiger partial charge in [0.05, 0.1) is 75.3 Å². The minimum atomic E-state index is -1.99. The molecule has 0 unspecified atom stereocenters. The Bertz CT molecular complexity index is 1400. The van der Waals surface area contributed by atoms with Crippen molar-refractivity contribution in [3.05, 3.63) is 35.9 Å². The van der Waals surface area contributed by atoms with E-state index in [9.17, 15) is 35.1 Å². The lowest BCUT2D eigenvalue weighted by molar-refractivity contribution is -0.299. The lowest BCUT2D eigenvalue weighted by Crippen LogP contribution is -2.60. The molecule has 0 saturated carbocycles. The predicted molar refractivity (Wildman–Crippen MR) is 226 cm³/mol. The highest BCUT2D eigenvalue weighted by molar-refractivity contribution is 5.76. The van der Waals surface area contributed by atoms with Crippen LogP contribution in [0, 0.1) is 17.8 Å². The second kappa shape index (κ2) is 24.5. The summed E-state index contributed by atoms with van der Waals surface area (Å²) in [5, 5.41) is 58.9. The van der Waals surface area contributed by atoms with E-state index in [1.807, 2.05) is 51.0 Å². The first kappa shape index (κ1) is 52.1. The molecule has 2 saturated heterocycles. The summed E-state index contributed by atoms with van der Waals surface area (Å²) in [6, 6.07) is 8.99. The third-order valence-corrected chi connectivity index (χ3v) is 12.3. The van der Waals surface area contributed by atoms with Crippen LogP contribution in [0.25, 0.3) is 0 Å². The van der Waals surface area contributed by atoms with Gasteiger partial charge in [-0.2, -0.15) is 0 Å². The fraction of sp³-hybridized carbons (Fsp3) is 0.822. The number of benzene rings is 1. The molecule has 2 aliphatic rings. The van der Waals surface area contributed by atoms with Crippen LogP contribution in [-0.2, 0) is 44.4 Å². The number of aliphatic hydroxyl groups is 5. The second-order valence-corrected chi connectivity index (χ2v) is 17.9. The molecule has 1 amide bonds. The van der Waals surface area contributed by atoms with Gasteiger partial charge in [0.2, 0.25) is 5.91 Å². The fourth-order valence-electron chi connectivity index (χ4n) is 8.71. The van der Waals surface area contributed by atoms with Crippen LogP contribution < -0.4 is 0 Å². The summed E-state index contributed by atoms with van der Waals surface area (Å²) in [4.78, 5) is 31.0. The van der Waals surface area contributed by atoms with Gasteiger partial charge in [-0.25, -0.2) is 0 Å². The first-order valence-corrected chi connectivity index (χ1v) is 22.0. The molecule has 0 aromatic heterocycles. The zero-order valence-electron chi connectivity index (χ0n) is 37.9. The molecule has 15 heteroatoms. The molecule has 0 spiro atoms. The van der Waals surface area contributed by atoms with Crippen LogP contribution in [0.4, 0.5) is 0 Å². The number of esters is 1. The average molecular weight is 855 g/mol. The Balaban J connectivity index is 1.73. The average Bonchev–Trinajstić information content (AvgIpc) is 3.20. The van der Waals surface area contributed by atoms with E-state index in [1.54, 1.807) is 27.7 Å². The number of likely N-dealkylation sites (N-methyl/N-ethyl adjacent to an activating group) is 1. The number of amides is 1. The van der Waals surface area contributed by atoms with Crippen molar-refractivity contribution in [2.45, 2.75) is 160 Å². The first-order chi connectivity index (χ1) is 28.2. The molecule has 15 nitrogen and oxygen atoms in total. The van der Waals surface area contributed by atoms with Crippen molar-refractivity contribution in [2.24, 2.45) is 17.8 Å². The Morgan fingerprint density at radius 2 is 1.50 bits per heavy atom. The van der Waals surface area contributed by atoms with Crippen LogP contribution >= 0.6 is 0 Å². The summed E-state index contributed by atoms with van der Waals surface area (Å²) in [5.74, 6) is -3.62. The summed E-state index contributed by atoms with van der Waals surface area (Å²) in [6.07, 6.45) is -5.26. The molecular weight excluding hydrogens is 776 g/mol. The number of ether oxygens (including phenoxy) is 6. The summed E-state index contributed by atoms with van der Waals surface area (Å²) in [7, 11) is 3.70. The Morgan fingerprint density at radius 1 is 0.900 bits per heavy atom. The number of cyclic esters (lactones) is 1. The molecule has 2 fully saturated rings. The molecule has 2 heterocycles. The van der Waals surface area contributed by atoms with Crippen molar-refractivity contribution in [2.75, 3.05) is 60.3 Å². The predicted octanol–water partition coefficient (Wildman–Crippen LogP) is 2.95. The van der Waals surface area contributed by atoms with Crippen LogP contribution in [0.5, 0.6) is 0 Å². The Kier molecular flexibility index (Phi) is 21.3. The largest absolute Gasteiger partial charge is 0.459 e. The van der Waals surface area contributed by atoms with E-state index in [1.165, 1.54) is 24.3 Å². The smallest absolute Gasteiger partial charge is 0.311 e. The van der Waals surface area contributed by atoms with E-state index in [4.69, 9.17) is 28.4 Å². The number of aryl methyl sites for hydroxylation is 1. The van der Waals surface area contributed by atoms with Crippen molar-refractivity contribution < 1.29 is 63.5 Å². The maximum Gasteiger partial charge on any atom is 0.311 e. The number of nitrogens with zero attached hydrogens (tertiary/aromatic N) is 2. The molecule has 3 rings (SSSR count). The van der Waals surface area contributed by atoms with Gasteiger partial charge in [0.1, 0.15) is 23.9 Å².